The van der Waals surface area contributed by atoms with Crippen molar-refractivity contribution in [3.63, 3.8) is 0 Å². The molecule has 1 aliphatic heterocycles. The number of hydrazone groups is 2. The van der Waals surface area contributed by atoms with Crippen molar-refractivity contribution in [2.45, 2.75) is 47.0 Å². The zero-order valence-corrected chi connectivity index (χ0v) is 17.5. The van der Waals surface area contributed by atoms with Crippen LogP contribution in [-0.2, 0) is 17.6 Å². The third-order valence-corrected chi connectivity index (χ3v) is 5.18. The molecule has 152 valence electrons. The molecule has 1 aliphatic rings. The van der Waals surface area contributed by atoms with Crippen molar-refractivity contribution in [1.82, 2.24) is 5.01 Å². The Bertz CT molecular complexity index is 959. The summed E-state index contributed by atoms with van der Waals surface area (Å²) < 4.78 is 0. The van der Waals surface area contributed by atoms with Crippen LogP contribution in [0.4, 0.5) is 5.69 Å². The molecule has 2 aromatic rings. The van der Waals surface area contributed by atoms with Gasteiger partial charge in [-0.25, -0.2) is 5.01 Å². The van der Waals surface area contributed by atoms with Gasteiger partial charge in [-0.15, -0.1) is 0 Å². The molecule has 6 heteroatoms. The Morgan fingerprint density at radius 1 is 1.07 bits per heavy atom. The van der Waals surface area contributed by atoms with E-state index in [2.05, 4.69) is 47.7 Å². The number of nitrogens with one attached hydrogen (secondary N) is 1. The van der Waals surface area contributed by atoms with Crippen LogP contribution in [0.2, 0.25) is 0 Å². The van der Waals surface area contributed by atoms with Crippen molar-refractivity contribution in [1.29, 1.82) is 0 Å². The molecule has 0 fully saturated rings. The van der Waals surface area contributed by atoms with Crippen LogP contribution in [0.15, 0.2) is 46.6 Å². The quantitative estimate of drug-likeness (QED) is 0.548. The average molecular weight is 393 g/mol. The van der Waals surface area contributed by atoms with Crippen molar-refractivity contribution in [2.75, 3.05) is 12.0 Å². The second kappa shape index (κ2) is 8.90. The van der Waals surface area contributed by atoms with Crippen molar-refractivity contribution in [3.05, 3.63) is 58.7 Å². The zero-order valence-electron chi connectivity index (χ0n) is 17.5. The highest BCUT2D eigenvalue weighted by Gasteiger charge is 2.28. The molecular weight excluding hydrogens is 364 g/mol. The number of phenolic OH excluding ortho intramolecular Hbond substituents is 1. The highest BCUT2D eigenvalue weighted by molar-refractivity contribution is 6.68. The van der Waals surface area contributed by atoms with Crippen molar-refractivity contribution < 1.29 is 9.90 Å². The van der Waals surface area contributed by atoms with Crippen LogP contribution < -0.4 is 5.43 Å². The second-order valence-corrected chi connectivity index (χ2v) is 7.37. The smallest absolute Gasteiger partial charge is 0.296 e. The monoisotopic (exact) mass is 392 g/mol. The van der Waals surface area contributed by atoms with Gasteiger partial charge >= 0.3 is 0 Å². The van der Waals surface area contributed by atoms with Crippen LogP contribution in [0.25, 0.3) is 0 Å². The van der Waals surface area contributed by atoms with E-state index in [1.54, 1.807) is 13.0 Å². The number of hydrogen-bond donors (Lipinski definition) is 2. The molecule has 1 heterocycles. The Balaban J connectivity index is 1.74. The second-order valence-electron chi connectivity index (χ2n) is 7.37. The van der Waals surface area contributed by atoms with Crippen LogP contribution >= 0.6 is 0 Å². The normalized spacial score (nSPS) is 15.2. The Morgan fingerprint density at radius 2 is 1.76 bits per heavy atom. The molecule has 2 N–H and O–H groups in total. The molecule has 2 aromatic carbocycles. The number of carbonyl (C=O) groups is 1. The largest absolute Gasteiger partial charge is 0.505 e. The Labute approximate surface area is 171 Å². The molecule has 0 bridgehead atoms. The Kier molecular flexibility index (Phi) is 6.32. The van der Waals surface area contributed by atoms with Gasteiger partial charge in [-0.1, -0.05) is 37.3 Å². The number of nitrogens with zero attached hydrogens (tertiary/aromatic N) is 3. The lowest BCUT2D eigenvalue weighted by Crippen LogP contribution is -2.28. The van der Waals surface area contributed by atoms with E-state index < -0.39 is 0 Å². The minimum absolute atomic E-state index is 0.161. The number of hydrogen-bond acceptors (Lipinski definition) is 5. The number of para-hydroxylation sites is 1. The molecule has 29 heavy (non-hydrogen) atoms. The fourth-order valence-electron chi connectivity index (χ4n) is 3.55. The number of benzene rings is 2. The summed E-state index contributed by atoms with van der Waals surface area (Å²) in [5.41, 5.74) is 8.85. The third kappa shape index (κ3) is 4.47. The topological polar surface area (TPSA) is 77.3 Å². The lowest BCUT2D eigenvalue weighted by atomic mass is 9.96. The van der Waals surface area contributed by atoms with Crippen LogP contribution in [0.5, 0.6) is 5.75 Å². The van der Waals surface area contributed by atoms with Crippen LogP contribution in [0, 0.1) is 13.8 Å². The van der Waals surface area contributed by atoms with E-state index >= 15 is 0 Å². The number of rotatable bonds is 7. The molecular formula is C23H28N4O2. The van der Waals surface area contributed by atoms with E-state index in [0.29, 0.717) is 24.4 Å². The van der Waals surface area contributed by atoms with Crippen molar-refractivity contribution in [2.24, 2.45) is 10.2 Å². The number of amides is 1. The van der Waals surface area contributed by atoms with Gasteiger partial charge in [0.25, 0.3) is 5.91 Å². The Morgan fingerprint density at radius 3 is 2.45 bits per heavy atom. The van der Waals surface area contributed by atoms with Gasteiger partial charge in [-0.3, -0.25) is 10.2 Å². The number of aromatic hydroxyl groups is 1. The molecule has 0 atom stereocenters. The standard InChI is InChI=1S/C23H28N4O2/c1-5-14-27-23(29)21(17(4)26-27)25-24-20-11-7-10-18(22(20)28)12-13-19-15(2)8-6-9-16(19)3/h6-11,24,28H,5,12-14H2,1-4H3/b25-21-. The minimum atomic E-state index is -0.220. The fraction of sp³-hybridized carbons (Fsp3) is 0.348. The van der Waals surface area contributed by atoms with E-state index in [1.165, 1.54) is 21.7 Å². The molecule has 6 nitrogen and oxygen atoms in total. The van der Waals surface area contributed by atoms with Gasteiger partial charge in [0, 0.05) is 6.54 Å². The first-order valence-electron chi connectivity index (χ1n) is 9.99. The first-order chi connectivity index (χ1) is 13.9. The number of anilines is 1. The maximum Gasteiger partial charge on any atom is 0.296 e. The van der Waals surface area contributed by atoms with E-state index in [1.807, 2.05) is 19.1 Å². The molecule has 0 radical (unpaired) electrons. The first-order valence-corrected chi connectivity index (χ1v) is 9.99. The average Bonchev–Trinajstić information content (AvgIpc) is 2.95. The molecule has 0 saturated heterocycles. The van der Waals surface area contributed by atoms with Crippen LogP contribution in [-0.4, -0.2) is 34.0 Å². The van der Waals surface area contributed by atoms with Crippen LogP contribution in [0.3, 0.4) is 0 Å². The maximum absolute atomic E-state index is 12.4. The molecule has 0 aliphatic carbocycles. The number of aryl methyl sites for hydroxylation is 3. The Hall–Kier alpha value is -3.15. The number of carbonyl (C=O) groups excluding carboxylic acids is 1. The molecule has 0 unspecified atom stereocenters. The highest BCUT2D eigenvalue weighted by Crippen LogP contribution is 2.29. The van der Waals surface area contributed by atoms with Gasteiger partial charge in [0.15, 0.2) is 5.71 Å². The van der Waals surface area contributed by atoms with Gasteiger partial charge in [0.1, 0.15) is 5.75 Å². The number of phenols is 1. The van der Waals surface area contributed by atoms with Gasteiger partial charge in [-0.05, 0) is 68.4 Å². The summed E-state index contributed by atoms with van der Waals surface area (Å²) in [7, 11) is 0. The van der Waals surface area contributed by atoms with Crippen molar-refractivity contribution in [3.8, 4) is 5.75 Å². The summed E-state index contributed by atoms with van der Waals surface area (Å²) in [5.74, 6) is -0.0592. The van der Waals surface area contributed by atoms with E-state index in [-0.39, 0.29) is 17.4 Å². The lowest BCUT2D eigenvalue weighted by molar-refractivity contribution is -0.123. The molecule has 0 spiro atoms. The summed E-state index contributed by atoms with van der Waals surface area (Å²) in [6, 6.07) is 11.8. The summed E-state index contributed by atoms with van der Waals surface area (Å²) in [5, 5.41) is 20.6. The minimum Gasteiger partial charge on any atom is -0.505 e. The fourth-order valence-corrected chi connectivity index (χ4v) is 3.55. The summed E-state index contributed by atoms with van der Waals surface area (Å²) in [4.78, 5) is 12.4. The molecule has 1 amide bonds. The van der Waals surface area contributed by atoms with Gasteiger partial charge < -0.3 is 5.11 Å². The van der Waals surface area contributed by atoms with E-state index in [4.69, 9.17) is 0 Å². The van der Waals surface area contributed by atoms with E-state index in [0.717, 1.165) is 18.4 Å². The van der Waals surface area contributed by atoms with Crippen molar-refractivity contribution >= 4 is 23.0 Å². The van der Waals surface area contributed by atoms with Gasteiger partial charge in [0.2, 0.25) is 0 Å². The first kappa shape index (κ1) is 20.6. The van der Waals surface area contributed by atoms with Gasteiger partial charge in [0.05, 0.1) is 11.4 Å². The molecule has 3 rings (SSSR count). The van der Waals surface area contributed by atoms with E-state index in [9.17, 15) is 9.90 Å². The molecule has 0 aromatic heterocycles. The predicted molar refractivity (Wildman–Crippen MR) is 118 cm³/mol. The summed E-state index contributed by atoms with van der Waals surface area (Å²) in [6.45, 7) is 8.54. The summed E-state index contributed by atoms with van der Waals surface area (Å²) >= 11 is 0. The predicted octanol–water partition coefficient (Wildman–Crippen LogP) is 4.19. The summed E-state index contributed by atoms with van der Waals surface area (Å²) in [6.07, 6.45) is 2.39. The van der Waals surface area contributed by atoms with Gasteiger partial charge in [-0.2, -0.15) is 10.2 Å². The highest BCUT2D eigenvalue weighted by atomic mass is 16.3. The zero-order chi connectivity index (χ0) is 21.0. The maximum atomic E-state index is 12.4. The lowest BCUT2D eigenvalue weighted by Gasteiger charge is -2.12. The van der Waals surface area contributed by atoms with Crippen LogP contribution in [0.1, 0.15) is 42.5 Å². The molecule has 0 saturated carbocycles. The SMILES string of the molecule is CCCN1N=C(C)/C(=N/Nc2cccc(CCc3c(C)cccc3C)c2O)C1=O. The third-order valence-electron chi connectivity index (χ3n) is 5.18.